The molecular formula is C15H24N2. The number of nitrogens with one attached hydrogen (secondary N) is 1. The van der Waals surface area contributed by atoms with Gasteiger partial charge in [-0.15, -0.1) is 0 Å². The van der Waals surface area contributed by atoms with Crippen molar-refractivity contribution < 1.29 is 0 Å². The lowest BCUT2D eigenvalue weighted by Crippen LogP contribution is -2.37. The van der Waals surface area contributed by atoms with Gasteiger partial charge in [0.15, 0.2) is 0 Å². The summed E-state index contributed by atoms with van der Waals surface area (Å²) >= 11 is 0. The van der Waals surface area contributed by atoms with E-state index in [0.717, 1.165) is 19.0 Å². The van der Waals surface area contributed by atoms with E-state index in [1.807, 2.05) is 7.05 Å². The van der Waals surface area contributed by atoms with Crippen molar-refractivity contribution in [3.63, 3.8) is 0 Å². The second-order valence-corrected chi connectivity index (χ2v) is 5.81. The van der Waals surface area contributed by atoms with Gasteiger partial charge in [0.25, 0.3) is 0 Å². The van der Waals surface area contributed by atoms with E-state index < -0.39 is 0 Å². The predicted octanol–water partition coefficient (Wildman–Crippen LogP) is 2.51. The van der Waals surface area contributed by atoms with Crippen molar-refractivity contribution in [3.8, 4) is 0 Å². The molecule has 1 fully saturated rings. The van der Waals surface area contributed by atoms with Crippen molar-refractivity contribution >= 4 is 0 Å². The molecule has 17 heavy (non-hydrogen) atoms. The fraction of sp³-hybridized carbons (Fsp3) is 0.600. The molecule has 1 aromatic rings. The maximum absolute atomic E-state index is 3.31. The van der Waals surface area contributed by atoms with E-state index in [1.54, 1.807) is 0 Å². The molecule has 2 nitrogen and oxygen atoms in total. The SMILES string of the molecule is CNCC1CN(Cc2ccccc2)C(C)(C)C1. The van der Waals surface area contributed by atoms with Crippen LogP contribution in [-0.4, -0.2) is 30.6 Å². The number of likely N-dealkylation sites (tertiary alicyclic amines) is 1. The third kappa shape index (κ3) is 3.08. The van der Waals surface area contributed by atoms with Crippen LogP contribution in [0.1, 0.15) is 25.8 Å². The fourth-order valence-electron chi connectivity index (χ4n) is 2.97. The van der Waals surface area contributed by atoms with Crippen molar-refractivity contribution in [2.45, 2.75) is 32.4 Å². The summed E-state index contributed by atoms with van der Waals surface area (Å²) in [5, 5.41) is 3.31. The standard InChI is InChI=1S/C15H24N2/c1-15(2)9-14(10-16-3)12-17(15)11-13-7-5-4-6-8-13/h4-8,14,16H,9-12H2,1-3H3. The Morgan fingerprint density at radius 3 is 2.65 bits per heavy atom. The van der Waals surface area contributed by atoms with Crippen molar-refractivity contribution in [1.29, 1.82) is 0 Å². The molecule has 0 saturated carbocycles. The molecule has 94 valence electrons. The lowest BCUT2D eigenvalue weighted by molar-refractivity contribution is 0.166. The molecule has 1 aromatic carbocycles. The Labute approximate surface area is 105 Å². The first kappa shape index (κ1) is 12.6. The van der Waals surface area contributed by atoms with Gasteiger partial charge in [-0.05, 0) is 45.3 Å². The largest absolute Gasteiger partial charge is 0.319 e. The van der Waals surface area contributed by atoms with Gasteiger partial charge in [-0.25, -0.2) is 0 Å². The second kappa shape index (κ2) is 5.19. The van der Waals surface area contributed by atoms with Crippen LogP contribution in [0.15, 0.2) is 30.3 Å². The molecule has 0 bridgehead atoms. The average Bonchev–Trinajstić information content (AvgIpc) is 2.55. The summed E-state index contributed by atoms with van der Waals surface area (Å²) in [6.45, 7) is 8.16. The van der Waals surface area contributed by atoms with Crippen molar-refractivity contribution in [3.05, 3.63) is 35.9 Å². The van der Waals surface area contributed by atoms with Crippen LogP contribution in [0.5, 0.6) is 0 Å². The molecule has 1 unspecified atom stereocenters. The molecule has 2 heteroatoms. The van der Waals surface area contributed by atoms with Crippen LogP contribution >= 0.6 is 0 Å². The number of rotatable bonds is 4. The Bertz CT molecular complexity index is 345. The maximum Gasteiger partial charge on any atom is 0.0239 e. The second-order valence-electron chi connectivity index (χ2n) is 5.81. The summed E-state index contributed by atoms with van der Waals surface area (Å²) < 4.78 is 0. The van der Waals surface area contributed by atoms with E-state index in [1.165, 1.54) is 18.5 Å². The number of benzene rings is 1. The van der Waals surface area contributed by atoms with E-state index in [9.17, 15) is 0 Å². The Hall–Kier alpha value is -0.860. The topological polar surface area (TPSA) is 15.3 Å². The molecule has 0 amide bonds. The van der Waals surface area contributed by atoms with Crippen LogP contribution in [0.25, 0.3) is 0 Å². The quantitative estimate of drug-likeness (QED) is 0.858. The molecule has 0 radical (unpaired) electrons. The molecule has 2 rings (SSSR count). The zero-order chi connectivity index (χ0) is 12.3. The van der Waals surface area contributed by atoms with Crippen molar-refractivity contribution in [2.24, 2.45) is 5.92 Å². The molecule has 0 aliphatic carbocycles. The third-order valence-electron chi connectivity index (χ3n) is 3.83. The summed E-state index contributed by atoms with van der Waals surface area (Å²) in [6, 6.07) is 10.8. The van der Waals surface area contributed by atoms with Gasteiger partial charge in [0.1, 0.15) is 0 Å². The molecule has 0 spiro atoms. The number of hydrogen-bond donors (Lipinski definition) is 1. The lowest BCUT2D eigenvalue weighted by atomic mass is 9.96. The first-order chi connectivity index (χ1) is 8.12. The predicted molar refractivity (Wildman–Crippen MR) is 73.0 cm³/mol. The first-order valence-electron chi connectivity index (χ1n) is 6.55. The van der Waals surface area contributed by atoms with E-state index in [-0.39, 0.29) is 0 Å². The highest BCUT2D eigenvalue weighted by Crippen LogP contribution is 2.33. The first-order valence-corrected chi connectivity index (χ1v) is 6.55. The minimum atomic E-state index is 0.331. The smallest absolute Gasteiger partial charge is 0.0239 e. The lowest BCUT2D eigenvalue weighted by Gasteiger charge is -2.31. The summed E-state index contributed by atoms with van der Waals surface area (Å²) in [4.78, 5) is 2.62. The fourth-order valence-corrected chi connectivity index (χ4v) is 2.97. The van der Waals surface area contributed by atoms with E-state index >= 15 is 0 Å². The molecule has 1 atom stereocenters. The highest BCUT2D eigenvalue weighted by Gasteiger charge is 2.37. The Morgan fingerprint density at radius 1 is 1.29 bits per heavy atom. The molecule has 1 heterocycles. The molecule has 1 aliphatic heterocycles. The van der Waals surface area contributed by atoms with Gasteiger partial charge >= 0.3 is 0 Å². The Balaban J connectivity index is 2.01. The summed E-state index contributed by atoms with van der Waals surface area (Å²) in [6.07, 6.45) is 1.29. The number of nitrogens with zero attached hydrogens (tertiary/aromatic N) is 1. The van der Waals surface area contributed by atoms with E-state index in [4.69, 9.17) is 0 Å². The minimum Gasteiger partial charge on any atom is -0.319 e. The average molecular weight is 232 g/mol. The molecule has 1 aliphatic rings. The van der Waals surface area contributed by atoms with Gasteiger partial charge in [0, 0.05) is 18.6 Å². The highest BCUT2D eigenvalue weighted by atomic mass is 15.2. The van der Waals surface area contributed by atoms with E-state index in [2.05, 4.69) is 54.4 Å². The third-order valence-corrected chi connectivity index (χ3v) is 3.83. The molecule has 1 saturated heterocycles. The number of hydrogen-bond acceptors (Lipinski definition) is 2. The van der Waals surface area contributed by atoms with Gasteiger partial charge in [-0.3, -0.25) is 4.90 Å². The van der Waals surface area contributed by atoms with Crippen molar-refractivity contribution in [2.75, 3.05) is 20.1 Å². The van der Waals surface area contributed by atoms with Crippen LogP contribution in [-0.2, 0) is 6.54 Å². The summed E-state index contributed by atoms with van der Waals surface area (Å²) in [7, 11) is 2.05. The highest BCUT2D eigenvalue weighted by molar-refractivity contribution is 5.15. The van der Waals surface area contributed by atoms with Gasteiger partial charge in [0.2, 0.25) is 0 Å². The Morgan fingerprint density at radius 2 is 2.00 bits per heavy atom. The summed E-state index contributed by atoms with van der Waals surface area (Å²) in [5.41, 5.74) is 1.75. The monoisotopic (exact) mass is 232 g/mol. The van der Waals surface area contributed by atoms with Gasteiger partial charge < -0.3 is 5.32 Å². The summed E-state index contributed by atoms with van der Waals surface area (Å²) in [5.74, 6) is 0.790. The van der Waals surface area contributed by atoms with Gasteiger partial charge in [0.05, 0.1) is 0 Å². The van der Waals surface area contributed by atoms with Crippen LogP contribution in [0.3, 0.4) is 0 Å². The zero-order valence-corrected chi connectivity index (χ0v) is 11.2. The molecule has 0 aromatic heterocycles. The zero-order valence-electron chi connectivity index (χ0n) is 11.2. The van der Waals surface area contributed by atoms with Crippen molar-refractivity contribution in [1.82, 2.24) is 10.2 Å². The van der Waals surface area contributed by atoms with Gasteiger partial charge in [-0.1, -0.05) is 30.3 Å². The maximum atomic E-state index is 3.31. The van der Waals surface area contributed by atoms with E-state index in [0.29, 0.717) is 5.54 Å². The van der Waals surface area contributed by atoms with Crippen LogP contribution in [0.2, 0.25) is 0 Å². The van der Waals surface area contributed by atoms with Crippen LogP contribution in [0.4, 0.5) is 0 Å². The molecule has 1 N–H and O–H groups in total. The molecular weight excluding hydrogens is 208 g/mol. The Kier molecular flexibility index (Phi) is 3.85. The van der Waals surface area contributed by atoms with Crippen LogP contribution < -0.4 is 5.32 Å². The van der Waals surface area contributed by atoms with Gasteiger partial charge in [-0.2, -0.15) is 0 Å². The normalized spacial score (nSPS) is 24.1. The van der Waals surface area contributed by atoms with Crippen LogP contribution in [0, 0.1) is 5.92 Å². The minimum absolute atomic E-state index is 0.331.